The van der Waals surface area contributed by atoms with Gasteiger partial charge in [0.15, 0.2) is 21.2 Å². The Morgan fingerprint density at radius 2 is 1.39 bits per heavy atom. The van der Waals surface area contributed by atoms with E-state index in [1.807, 2.05) is 22.6 Å². The summed E-state index contributed by atoms with van der Waals surface area (Å²) >= 11 is 1.91. The van der Waals surface area contributed by atoms with E-state index in [0.717, 1.165) is 0 Å². The van der Waals surface area contributed by atoms with Crippen LogP contribution in [0.1, 0.15) is 20.1 Å². The first kappa shape index (κ1) is 35.1. The third kappa shape index (κ3) is 13.1. The maximum Gasteiger partial charge on any atom is 0.466 e. The van der Waals surface area contributed by atoms with E-state index < -0.39 is 53.1 Å². The molecule has 36 heavy (non-hydrogen) atoms. The molecular formula is C11H23IN5O16P3. The van der Waals surface area contributed by atoms with Crippen LogP contribution in [0.15, 0.2) is 4.79 Å². The topological polar surface area (TPSA) is 373 Å². The Bertz CT molecular complexity index is 1160. The first-order valence-corrected chi connectivity index (χ1v) is 14.3. The third-order valence-electron chi connectivity index (χ3n) is 3.65. The Labute approximate surface area is 213 Å². The molecule has 0 unspecified atom stereocenters. The average molecular weight is 701 g/mol. The van der Waals surface area contributed by atoms with Crippen molar-refractivity contribution < 1.29 is 72.7 Å². The highest BCUT2D eigenvalue weighted by molar-refractivity contribution is 14.1. The number of nitrogens with zero attached hydrogens (tertiary/aromatic N) is 3. The molecule has 1 fully saturated rings. The van der Waals surface area contributed by atoms with Crippen LogP contribution in [0.3, 0.4) is 0 Å². The van der Waals surface area contributed by atoms with Crippen molar-refractivity contribution >= 4 is 63.2 Å². The molecule has 25 heteroatoms. The van der Waals surface area contributed by atoms with Crippen LogP contribution in [0.4, 0.5) is 5.95 Å². The fraction of sp³-hybridized carbons (Fsp3) is 0.545. The molecule has 0 amide bonds. The molecule has 1 aliphatic heterocycles. The van der Waals surface area contributed by atoms with E-state index in [4.69, 9.17) is 68.2 Å². The smallest absolute Gasteiger partial charge is 0.387 e. The second kappa shape index (κ2) is 12.8. The van der Waals surface area contributed by atoms with E-state index in [-0.39, 0.29) is 17.1 Å². The minimum atomic E-state index is -4.64. The highest BCUT2D eigenvalue weighted by Gasteiger charge is 2.52. The van der Waals surface area contributed by atoms with E-state index in [0.29, 0.717) is 3.83 Å². The third-order valence-corrected chi connectivity index (χ3v) is 4.41. The zero-order valence-corrected chi connectivity index (χ0v) is 22.7. The number of nitrogens with one attached hydrogen (secondary N) is 1. The van der Waals surface area contributed by atoms with E-state index in [2.05, 4.69) is 15.0 Å². The fourth-order valence-corrected chi connectivity index (χ4v) is 3.26. The van der Waals surface area contributed by atoms with E-state index in [1.165, 1.54) is 11.5 Å². The van der Waals surface area contributed by atoms with Gasteiger partial charge in [-0.15, -0.1) is 0 Å². The molecule has 1 saturated heterocycles. The molecule has 210 valence electrons. The molecule has 21 nitrogen and oxygen atoms in total. The highest BCUT2D eigenvalue weighted by Crippen LogP contribution is 2.40. The lowest BCUT2D eigenvalue weighted by atomic mass is 9.97. The number of rotatable bonds is 1. The number of hydrogen-bond donors (Lipinski definition) is 13. The number of phosphoric acid groups is 3. The predicted octanol–water partition coefficient (Wildman–Crippen LogP) is -3.45. The lowest BCUT2D eigenvalue weighted by Crippen LogP contribution is -2.43. The Balaban J connectivity index is 0.000000672. The molecule has 3 heterocycles. The van der Waals surface area contributed by atoms with Crippen LogP contribution in [-0.2, 0) is 18.4 Å². The van der Waals surface area contributed by atoms with Crippen LogP contribution in [0.5, 0.6) is 0 Å². The van der Waals surface area contributed by atoms with Crippen LogP contribution in [0, 0.1) is 3.83 Å². The minimum Gasteiger partial charge on any atom is -0.387 e. The number of halogens is 1. The van der Waals surface area contributed by atoms with Crippen molar-refractivity contribution in [2.45, 2.75) is 37.9 Å². The van der Waals surface area contributed by atoms with E-state index in [9.17, 15) is 15.0 Å². The molecule has 0 bridgehead atoms. The first-order chi connectivity index (χ1) is 15.7. The van der Waals surface area contributed by atoms with Crippen molar-refractivity contribution in [3.05, 3.63) is 14.2 Å². The van der Waals surface area contributed by atoms with Gasteiger partial charge in [-0.3, -0.25) is 14.3 Å². The summed E-state index contributed by atoms with van der Waals surface area (Å²) in [7, 11) is -13.9. The maximum absolute atomic E-state index is 11.9. The van der Waals surface area contributed by atoms with Gasteiger partial charge < -0.3 is 64.7 Å². The number of imidazole rings is 1. The van der Waals surface area contributed by atoms with Crippen molar-refractivity contribution in [1.82, 2.24) is 19.5 Å². The molecule has 0 radical (unpaired) electrons. The van der Waals surface area contributed by atoms with Gasteiger partial charge in [-0.05, 0) is 13.8 Å². The normalized spacial score (nSPS) is 24.1. The second-order valence-electron chi connectivity index (χ2n) is 6.78. The first-order valence-electron chi connectivity index (χ1n) is 8.57. The maximum atomic E-state index is 11.9. The monoisotopic (exact) mass is 701 g/mol. The fourth-order valence-electron chi connectivity index (χ4n) is 2.54. The van der Waals surface area contributed by atoms with Gasteiger partial charge in [-0.25, -0.2) is 18.7 Å². The van der Waals surface area contributed by atoms with Crippen molar-refractivity contribution in [3.63, 3.8) is 0 Å². The van der Waals surface area contributed by atoms with Crippen molar-refractivity contribution in [2.75, 3.05) is 5.73 Å². The number of aromatic amines is 1. The number of anilines is 1. The average Bonchev–Trinajstić information content (AvgIpc) is 2.99. The number of aromatic nitrogens is 4. The molecule has 14 N–H and O–H groups in total. The lowest BCUT2D eigenvalue weighted by molar-refractivity contribution is -0.0946. The summed E-state index contributed by atoms with van der Waals surface area (Å²) in [5, 5.41) is 20.6. The largest absolute Gasteiger partial charge is 0.466 e. The summed E-state index contributed by atoms with van der Waals surface area (Å²) in [5.41, 5.74) is 3.84. The van der Waals surface area contributed by atoms with Gasteiger partial charge in [0.05, 0.1) is 6.10 Å². The van der Waals surface area contributed by atoms with Crippen LogP contribution in [-0.4, -0.2) is 91.6 Å². The molecule has 0 aromatic carbocycles. The Kier molecular flexibility index (Phi) is 12.4. The molecule has 2 aromatic rings. The number of aliphatic hydroxyl groups is 2. The van der Waals surface area contributed by atoms with Crippen LogP contribution in [0.2, 0.25) is 0 Å². The second-order valence-corrected chi connectivity index (χ2v) is 10.8. The Morgan fingerprint density at radius 1 is 1.00 bits per heavy atom. The summed E-state index contributed by atoms with van der Waals surface area (Å²) in [5.74, 6) is -0.0590. The van der Waals surface area contributed by atoms with Crippen molar-refractivity contribution in [1.29, 1.82) is 0 Å². The summed E-state index contributed by atoms with van der Waals surface area (Å²) in [6.45, 7) is 3.12. The summed E-state index contributed by atoms with van der Waals surface area (Å²) in [6, 6.07) is 0. The minimum absolute atomic E-state index is 0.0590. The van der Waals surface area contributed by atoms with Crippen LogP contribution >= 0.6 is 46.1 Å². The van der Waals surface area contributed by atoms with Gasteiger partial charge >= 0.3 is 23.5 Å². The quantitative estimate of drug-likeness (QED) is 0.0781. The van der Waals surface area contributed by atoms with Gasteiger partial charge in [0, 0.05) is 22.6 Å². The zero-order valence-electron chi connectivity index (χ0n) is 17.8. The summed E-state index contributed by atoms with van der Waals surface area (Å²) in [4.78, 5) is 87.1. The summed E-state index contributed by atoms with van der Waals surface area (Å²) < 4.78 is 34.1. The van der Waals surface area contributed by atoms with Crippen molar-refractivity contribution in [3.8, 4) is 0 Å². The molecule has 1 aliphatic rings. The molecule has 0 aliphatic carbocycles. The highest BCUT2D eigenvalue weighted by atomic mass is 127. The van der Waals surface area contributed by atoms with Gasteiger partial charge in [0.2, 0.25) is 5.95 Å². The van der Waals surface area contributed by atoms with Crippen LogP contribution < -0.4 is 11.3 Å². The number of H-pyrrole nitrogens is 1. The molecule has 4 atom stereocenters. The van der Waals surface area contributed by atoms with Gasteiger partial charge in [-0.1, -0.05) is 0 Å². The number of nitrogens with two attached hydrogens (primary N) is 1. The lowest BCUT2D eigenvalue weighted by Gasteiger charge is -2.27. The van der Waals surface area contributed by atoms with E-state index in [1.54, 1.807) is 6.92 Å². The molecule has 0 spiro atoms. The number of ether oxygens (including phenoxy) is 1. The Morgan fingerprint density at radius 3 is 1.72 bits per heavy atom. The zero-order chi connectivity index (χ0) is 29.0. The molecular weight excluding hydrogens is 678 g/mol. The van der Waals surface area contributed by atoms with Crippen molar-refractivity contribution in [2.24, 2.45) is 0 Å². The molecule has 0 saturated carbocycles. The number of aliphatic hydroxyl groups excluding tert-OH is 1. The summed E-state index contributed by atoms with van der Waals surface area (Å²) in [6.07, 6.45) is -2.57. The number of hydrogen-bond acceptors (Lipinski definition) is 10. The molecule has 2 aromatic heterocycles. The van der Waals surface area contributed by atoms with Gasteiger partial charge in [0.25, 0.3) is 5.56 Å². The standard InChI is InChI=1S/C11H14IN5O4.3H3O4P/c1-3-5(18)11(2,20)8(21-3)17-6-4(14-9(17)12)7(19)16-10(13)15-6;3*1-5(2,3)4/h3,5,8,18,20H,1-2H3,(H3,13,15,16,19);3*(H3,1,2,3,4)/t3-,5-,8-,11-;;;/m1.../s1. The van der Waals surface area contributed by atoms with Crippen LogP contribution in [0.25, 0.3) is 11.2 Å². The predicted molar refractivity (Wildman–Crippen MR) is 124 cm³/mol. The SMILES string of the molecule is C[C@H]1O[C@@H](n2c(I)nc3c(=O)[nH]c(N)nc32)[C@](C)(O)[C@@H]1O.O=P(O)(O)O.O=P(O)(O)O.O=P(O)(O)O. The van der Waals surface area contributed by atoms with Gasteiger partial charge in [0.1, 0.15) is 11.7 Å². The van der Waals surface area contributed by atoms with E-state index >= 15 is 0 Å². The number of fused-ring (bicyclic) bond motifs is 1. The van der Waals surface area contributed by atoms with Gasteiger partial charge in [-0.2, -0.15) is 4.98 Å². The number of nitrogen functional groups attached to an aromatic ring is 1. The molecule has 3 rings (SSSR count). The Hall–Kier alpha value is -0.910.